The van der Waals surface area contributed by atoms with Crippen LogP contribution >= 0.6 is 0 Å². The largest absolute Gasteiger partial charge is 0.453 e. The highest BCUT2D eigenvalue weighted by Crippen LogP contribution is 2.28. The normalized spacial score (nSPS) is 11.3. The molecule has 0 saturated heterocycles. The van der Waals surface area contributed by atoms with Crippen molar-refractivity contribution < 1.29 is 9.53 Å². The van der Waals surface area contributed by atoms with E-state index in [0.29, 0.717) is 5.82 Å². The van der Waals surface area contributed by atoms with Gasteiger partial charge in [-0.1, -0.05) is 20.8 Å². The summed E-state index contributed by atoms with van der Waals surface area (Å²) in [7, 11) is 3.15. The Hall–Kier alpha value is -1.52. The van der Waals surface area contributed by atoms with E-state index in [9.17, 15) is 4.79 Å². The van der Waals surface area contributed by atoms with Crippen molar-refractivity contribution in [2.45, 2.75) is 26.2 Å². The van der Waals surface area contributed by atoms with Gasteiger partial charge in [0, 0.05) is 18.8 Å². The third-order valence-electron chi connectivity index (χ3n) is 2.04. The molecule has 0 spiro atoms. The fourth-order valence-corrected chi connectivity index (χ4v) is 1.28. The molecule has 0 bridgehead atoms. The lowest BCUT2D eigenvalue weighted by atomic mass is 9.89. The second-order valence-electron chi connectivity index (χ2n) is 4.43. The van der Waals surface area contributed by atoms with Crippen LogP contribution in [0.25, 0.3) is 0 Å². The van der Waals surface area contributed by atoms with Gasteiger partial charge in [-0.05, 0) is 5.41 Å². The number of nitrogens with zero attached hydrogens (tertiary/aromatic N) is 2. The van der Waals surface area contributed by atoms with Crippen LogP contribution in [0.4, 0.5) is 10.6 Å². The number of aryl methyl sites for hydroxylation is 1. The topological polar surface area (TPSA) is 56.1 Å². The van der Waals surface area contributed by atoms with E-state index < -0.39 is 6.09 Å². The number of nitrogens with one attached hydrogen (secondary N) is 1. The molecule has 15 heavy (non-hydrogen) atoms. The molecule has 1 amide bonds. The Bertz CT molecular complexity index is 363. The first-order valence-corrected chi connectivity index (χ1v) is 4.73. The van der Waals surface area contributed by atoms with Gasteiger partial charge >= 0.3 is 6.09 Å². The van der Waals surface area contributed by atoms with Crippen molar-refractivity contribution >= 4 is 11.9 Å². The van der Waals surface area contributed by atoms with Crippen molar-refractivity contribution in [2.75, 3.05) is 12.4 Å². The number of amides is 1. The van der Waals surface area contributed by atoms with Crippen molar-refractivity contribution in [1.82, 2.24) is 9.78 Å². The maximum Gasteiger partial charge on any atom is 0.412 e. The monoisotopic (exact) mass is 211 g/mol. The number of ether oxygens (including phenoxy) is 1. The summed E-state index contributed by atoms with van der Waals surface area (Å²) in [6.45, 7) is 6.19. The van der Waals surface area contributed by atoms with Crippen molar-refractivity contribution in [2.24, 2.45) is 7.05 Å². The molecule has 5 nitrogen and oxygen atoms in total. The Morgan fingerprint density at radius 2 is 2.13 bits per heavy atom. The lowest BCUT2D eigenvalue weighted by Gasteiger charge is -2.17. The van der Waals surface area contributed by atoms with Gasteiger partial charge in [0.2, 0.25) is 0 Å². The Balaban J connectivity index is 3.02. The second-order valence-corrected chi connectivity index (χ2v) is 4.43. The number of anilines is 1. The summed E-state index contributed by atoms with van der Waals surface area (Å²) in [6.07, 6.45) is 1.39. The van der Waals surface area contributed by atoms with Crippen LogP contribution in [-0.2, 0) is 17.2 Å². The smallest absolute Gasteiger partial charge is 0.412 e. The first kappa shape index (κ1) is 11.6. The fourth-order valence-electron chi connectivity index (χ4n) is 1.28. The predicted molar refractivity (Wildman–Crippen MR) is 57.9 cm³/mol. The van der Waals surface area contributed by atoms with Crippen molar-refractivity contribution in [3.63, 3.8) is 0 Å². The van der Waals surface area contributed by atoms with E-state index in [2.05, 4.69) is 35.9 Å². The van der Waals surface area contributed by atoms with E-state index >= 15 is 0 Å². The Morgan fingerprint density at radius 3 is 2.60 bits per heavy atom. The van der Waals surface area contributed by atoms with Gasteiger partial charge in [0.25, 0.3) is 0 Å². The SMILES string of the molecule is COC(=O)Nc1nn(C)cc1C(C)(C)C. The first-order chi connectivity index (χ1) is 6.84. The highest BCUT2D eigenvalue weighted by molar-refractivity contribution is 5.84. The van der Waals surface area contributed by atoms with Crippen LogP contribution < -0.4 is 5.32 Å². The minimum Gasteiger partial charge on any atom is -0.453 e. The van der Waals surface area contributed by atoms with Gasteiger partial charge in [0.15, 0.2) is 5.82 Å². The van der Waals surface area contributed by atoms with Gasteiger partial charge in [0.05, 0.1) is 7.11 Å². The molecule has 0 unspecified atom stereocenters. The third kappa shape index (κ3) is 2.71. The van der Waals surface area contributed by atoms with Crippen LogP contribution in [0.3, 0.4) is 0 Å². The van der Waals surface area contributed by atoms with E-state index in [-0.39, 0.29) is 5.41 Å². The predicted octanol–water partition coefficient (Wildman–Crippen LogP) is 1.90. The number of hydrogen-bond acceptors (Lipinski definition) is 3. The van der Waals surface area contributed by atoms with Crippen molar-refractivity contribution in [3.05, 3.63) is 11.8 Å². The molecule has 0 aliphatic carbocycles. The molecule has 0 aliphatic rings. The van der Waals surface area contributed by atoms with Crippen LogP contribution in [-0.4, -0.2) is 23.0 Å². The summed E-state index contributed by atoms with van der Waals surface area (Å²) in [6, 6.07) is 0. The van der Waals surface area contributed by atoms with Gasteiger partial charge in [0.1, 0.15) is 0 Å². The number of hydrogen-bond donors (Lipinski definition) is 1. The number of rotatable bonds is 1. The summed E-state index contributed by atoms with van der Waals surface area (Å²) < 4.78 is 6.20. The summed E-state index contributed by atoms with van der Waals surface area (Å²) in [5.74, 6) is 0.553. The van der Waals surface area contributed by atoms with Crippen LogP contribution in [0.5, 0.6) is 0 Å². The molecule has 1 aromatic rings. The highest BCUT2D eigenvalue weighted by atomic mass is 16.5. The fraction of sp³-hybridized carbons (Fsp3) is 0.600. The zero-order chi connectivity index (χ0) is 11.6. The molecule has 5 heteroatoms. The van der Waals surface area contributed by atoms with Gasteiger partial charge in [-0.3, -0.25) is 10.00 Å². The minimum atomic E-state index is -0.501. The molecule has 0 atom stereocenters. The van der Waals surface area contributed by atoms with Crippen LogP contribution in [0.2, 0.25) is 0 Å². The number of carbonyl (C=O) groups excluding carboxylic acids is 1. The van der Waals surface area contributed by atoms with Crippen molar-refractivity contribution in [1.29, 1.82) is 0 Å². The quantitative estimate of drug-likeness (QED) is 0.771. The summed E-state index contributed by atoms with van der Waals surface area (Å²) in [5, 5.41) is 6.76. The van der Waals surface area contributed by atoms with Gasteiger partial charge in [-0.2, -0.15) is 5.10 Å². The number of aromatic nitrogens is 2. The van der Waals surface area contributed by atoms with Gasteiger partial charge < -0.3 is 4.74 Å². The molecule has 0 fully saturated rings. The van der Waals surface area contributed by atoms with Gasteiger partial charge in [-0.15, -0.1) is 0 Å². The van der Waals surface area contributed by atoms with E-state index in [4.69, 9.17) is 0 Å². The highest BCUT2D eigenvalue weighted by Gasteiger charge is 2.22. The third-order valence-corrected chi connectivity index (χ3v) is 2.04. The molecule has 0 aromatic carbocycles. The Morgan fingerprint density at radius 1 is 1.53 bits per heavy atom. The molecule has 1 heterocycles. The summed E-state index contributed by atoms with van der Waals surface area (Å²) >= 11 is 0. The van der Waals surface area contributed by atoms with Gasteiger partial charge in [-0.25, -0.2) is 4.79 Å². The number of carbonyl (C=O) groups is 1. The maximum atomic E-state index is 11.1. The second kappa shape index (κ2) is 3.92. The molecule has 1 rings (SSSR count). The lowest BCUT2D eigenvalue weighted by Crippen LogP contribution is -2.17. The first-order valence-electron chi connectivity index (χ1n) is 4.73. The Kier molecular flexibility index (Phi) is 3.02. The molecular weight excluding hydrogens is 194 g/mol. The number of methoxy groups -OCH3 is 1. The van der Waals surface area contributed by atoms with Crippen LogP contribution in [0.1, 0.15) is 26.3 Å². The van der Waals surface area contributed by atoms with E-state index in [1.54, 1.807) is 4.68 Å². The summed E-state index contributed by atoms with van der Waals surface area (Å²) in [5.41, 5.74) is 0.917. The lowest BCUT2D eigenvalue weighted by molar-refractivity contribution is 0.186. The molecular formula is C10H17N3O2. The molecule has 0 radical (unpaired) electrons. The maximum absolute atomic E-state index is 11.1. The average molecular weight is 211 g/mol. The zero-order valence-corrected chi connectivity index (χ0v) is 9.79. The molecule has 1 N–H and O–H groups in total. The molecule has 84 valence electrons. The van der Waals surface area contributed by atoms with E-state index in [1.807, 2.05) is 13.2 Å². The zero-order valence-electron chi connectivity index (χ0n) is 9.79. The van der Waals surface area contributed by atoms with Crippen LogP contribution in [0, 0.1) is 0 Å². The molecule has 1 aromatic heterocycles. The average Bonchev–Trinajstić information content (AvgIpc) is 2.45. The molecule has 0 aliphatic heterocycles. The van der Waals surface area contributed by atoms with E-state index in [0.717, 1.165) is 5.56 Å². The summed E-state index contributed by atoms with van der Waals surface area (Å²) in [4.78, 5) is 11.1. The molecule has 0 saturated carbocycles. The standard InChI is InChI=1S/C10H17N3O2/c1-10(2,3)7-6-13(4)12-8(7)11-9(14)15-5/h6H,1-5H3,(H,11,12,14). The Labute approximate surface area is 89.4 Å². The van der Waals surface area contributed by atoms with Crippen LogP contribution in [0.15, 0.2) is 6.20 Å². The van der Waals surface area contributed by atoms with E-state index in [1.165, 1.54) is 7.11 Å². The minimum absolute atomic E-state index is 0.0649. The van der Waals surface area contributed by atoms with Crippen molar-refractivity contribution in [3.8, 4) is 0 Å².